The number of ether oxygens (including phenoxy) is 1. The first-order valence-electron chi connectivity index (χ1n) is 8.40. The van der Waals surface area contributed by atoms with Gasteiger partial charge >= 0.3 is 6.09 Å². The maximum Gasteiger partial charge on any atom is 0.410 e. The lowest BCUT2D eigenvalue weighted by Gasteiger charge is -2.35. The SMILES string of the molecule is Cc1nn(C)cc1C(C)NC1CCCN(C(=O)OC(C)(C)C)C1. The lowest BCUT2D eigenvalue weighted by atomic mass is 10.0. The largest absolute Gasteiger partial charge is 0.444 e. The molecular formula is C17H30N4O2. The summed E-state index contributed by atoms with van der Waals surface area (Å²) in [4.78, 5) is 14.0. The molecule has 2 rings (SSSR count). The van der Waals surface area contributed by atoms with Crippen LogP contribution in [-0.4, -0.2) is 45.5 Å². The lowest BCUT2D eigenvalue weighted by Crippen LogP contribution is -2.49. The van der Waals surface area contributed by atoms with Crippen molar-refractivity contribution in [3.8, 4) is 0 Å². The topological polar surface area (TPSA) is 59.4 Å². The van der Waals surface area contributed by atoms with E-state index in [1.165, 1.54) is 5.56 Å². The van der Waals surface area contributed by atoms with Gasteiger partial charge in [-0.2, -0.15) is 5.10 Å². The number of nitrogens with zero attached hydrogens (tertiary/aromatic N) is 3. The minimum atomic E-state index is -0.447. The fraction of sp³-hybridized carbons (Fsp3) is 0.765. The molecule has 0 radical (unpaired) electrons. The molecule has 2 heterocycles. The maximum atomic E-state index is 12.2. The molecule has 6 heteroatoms. The number of amides is 1. The van der Waals surface area contributed by atoms with Gasteiger partial charge in [0.15, 0.2) is 0 Å². The number of piperidine rings is 1. The molecule has 0 aliphatic carbocycles. The first-order chi connectivity index (χ1) is 10.7. The van der Waals surface area contributed by atoms with E-state index in [1.54, 1.807) is 0 Å². The van der Waals surface area contributed by atoms with Crippen LogP contribution in [-0.2, 0) is 11.8 Å². The molecule has 130 valence electrons. The Bertz CT molecular complexity index is 547. The Morgan fingerprint density at radius 2 is 2.17 bits per heavy atom. The Balaban J connectivity index is 1.93. The van der Waals surface area contributed by atoms with Crippen LogP contribution >= 0.6 is 0 Å². The molecule has 1 aromatic heterocycles. The quantitative estimate of drug-likeness (QED) is 0.929. The lowest BCUT2D eigenvalue weighted by molar-refractivity contribution is 0.0184. The molecule has 2 atom stereocenters. The molecule has 0 saturated carbocycles. The molecule has 23 heavy (non-hydrogen) atoms. The Morgan fingerprint density at radius 1 is 1.48 bits per heavy atom. The van der Waals surface area contributed by atoms with Crippen LogP contribution in [0.3, 0.4) is 0 Å². The number of hydrogen-bond acceptors (Lipinski definition) is 4. The van der Waals surface area contributed by atoms with Crippen molar-refractivity contribution in [1.29, 1.82) is 0 Å². The van der Waals surface area contributed by atoms with Crippen LogP contribution in [0.2, 0.25) is 0 Å². The van der Waals surface area contributed by atoms with E-state index in [-0.39, 0.29) is 18.2 Å². The standard InChI is InChI=1S/C17H30N4O2/c1-12(15-11-20(6)19-13(15)2)18-14-8-7-9-21(10-14)16(22)23-17(3,4)5/h11-12,14,18H,7-10H2,1-6H3. The van der Waals surface area contributed by atoms with Crippen LogP contribution in [0.25, 0.3) is 0 Å². The third-order valence-corrected chi connectivity index (χ3v) is 4.08. The summed E-state index contributed by atoms with van der Waals surface area (Å²) in [6.07, 6.45) is 3.91. The van der Waals surface area contributed by atoms with Crippen LogP contribution in [0, 0.1) is 6.92 Å². The summed E-state index contributed by atoms with van der Waals surface area (Å²) in [7, 11) is 1.94. The van der Waals surface area contributed by atoms with Crippen molar-refractivity contribution < 1.29 is 9.53 Å². The smallest absolute Gasteiger partial charge is 0.410 e. The Morgan fingerprint density at radius 3 is 2.74 bits per heavy atom. The van der Waals surface area contributed by atoms with Gasteiger partial charge in [-0.25, -0.2) is 4.79 Å². The average molecular weight is 322 g/mol. The van der Waals surface area contributed by atoms with Gasteiger partial charge in [0.1, 0.15) is 5.60 Å². The van der Waals surface area contributed by atoms with Gasteiger partial charge in [-0.05, 0) is 47.5 Å². The van der Waals surface area contributed by atoms with Gasteiger partial charge in [0.25, 0.3) is 0 Å². The van der Waals surface area contributed by atoms with Crippen LogP contribution in [0.1, 0.15) is 57.8 Å². The molecule has 1 aliphatic heterocycles. The molecule has 1 amide bonds. The summed E-state index contributed by atoms with van der Waals surface area (Å²) < 4.78 is 7.33. The van der Waals surface area contributed by atoms with E-state index >= 15 is 0 Å². The number of carbonyl (C=O) groups is 1. The molecule has 6 nitrogen and oxygen atoms in total. The molecular weight excluding hydrogens is 292 g/mol. The number of rotatable bonds is 3. The number of aryl methyl sites for hydroxylation is 2. The minimum absolute atomic E-state index is 0.214. The number of likely N-dealkylation sites (tertiary alicyclic amines) is 1. The van der Waals surface area contributed by atoms with Crippen molar-refractivity contribution in [1.82, 2.24) is 20.0 Å². The summed E-state index contributed by atoms with van der Waals surface area (Å²) in [5.74, 6) is 0. The van der Waals surface area contributed by atoms with E-state index in [1.807, 2.05) is 44.3 Å². The molecule has 0 spiro atoms. The van der Waals surface area contributed by atoms with Crippen molar-refractivity contribution >= 4 is 6.09 Å². The van der Waals surface area contributed by atoms with E-state index < -0.39 is 5.60 Å². The maximum absolute atomic E-state index is 12.2. The van der Waals surface area contributed by atoms with Gasteiger partial charge < -0.3 is 15.0 Å². The Labute approximate surface area is 139 Å². The zero-order chi connectivity index (χ0) is 17.2. The second-order valence-electron chi connectivity index (χ2n) is 7.50. The van der Waals surface area contributed by atoms with E-state index in [0.717, 1.165) is 25.1 Å². The number of hydrogen-bond donors (Lipinski definition) is 1. The predicted octanol–water partition coefficient (Wildman–Crippen LogP) is 2.78. The Hall–Kier alpha value is -1.56. The molecule has 1 saturated heterocycles. The zero-order valence-electron chi connectivity index (χ0n) is 15.2. The van der Waals surface area contributed by atoms with Gasteiger partial charge in [0, 0.05) is 44.0 Å². The van der Waals surface area contributed by atoms with Crippen LogP contribution in [0.15, 0.2) is 6.20 Å². The number of nitrogens with one attached hydrogen (secondary N) is 1. The second-order valence-corrected chi connectivity index (χ2v) is 7.50. The molecule has 1 aliphatic rings. The van der Waals surface area contributed by atoms with Crippen LogP contribution in [0.5, 0.6) is 0 Å². The number of aromatic nitrogens is 2. The molecule has 0 aromatic carbocycles. The fourth-order valence-corrected chi connectivity index (χ4v) is 3.09. The monoisotopic (exact) mass is 322 g/mol. The highest BCUT2D eigenvalue weighted by Crippen LogP contribution is 2.20. The van der Waals surface area contributed by atoms with Crippen molar-refractivity contribution in [2.45, 2.75) is 65.1 Å². The highest BCUT2D eigenvalue weighted by Gasteiger charge is 2.28. The normalized spacial score (nSPS) is 20.4. The third-order valence-electron chi connectivity index (χ3n) is 4.08. The first kappa shape index (κ1) is 17.8. The average Bonchev–Trinajstić information content (AvgIpc) is 2.76. The summed E-state index contributed by atoms with van der Waals surface area (Å²) in [5, 5.41) is 8.04. The molecule has 2 unspecified atom stereocenters. The molecule has 1 aromatic rings. The van der Waals surface area contributed by atoms with Crippen LogP contribution < -0.4 is 5.32 Å². The number of carbonyl (C=O) groups excluding carboxylic acids is 1. The van der Waals surface area contributed by atoms with E-state index in [0.29, 0.717) is 6.54 Å². The van der Waals surface area contributed by atoms with Crippen LogP contribution in [0.4, 0.5) is 4.79 Å². The summed E-state index contributed by atoms with van der Waals surface area (Å²) in [6, 6.07) is 0.498. The zero-order valence-corrected chi connectivity index (χ0v) is 15.2. The fourth-order valence-electron chi connectivity index (χ4n) is 3.09. The highest BCUT2D eigenvalue weighted by molar-refractivity contribution is 5.68. The van der Waals surface area contributed by atoms with E-state index in [4.69, 9.17) is 4.74 Å². The van der Waals surface area contributed by atoms with Gasteiger partial charge in [0.2, 0.25) is 0 Å². The summed E-state index contributed by atoms with van der Waals surface area (Å²) in [6.45, 7) is 11.3. The van der Waals surface area contributed by atoms with Gasteiger partial charge in [-0.15, -0.1) is 0 Å². The van der Waals surface area contributed by atoms with Gasteiger partial charge in [-0.3, -0.25) is 4.68 Å². The van der Waals surface area contributed by atoms with Crippen molar-refractivity contribution in [3.05, 3.63) is 17.5 Å². The third kappa shape index (κ3) is 4.96. The van der Waals surface area contributed by atoms with Crippen molar-refractivity contribution in [2.24, 2.45) is 7.05 Å². The minimum Gasteiger partial charge on any atom is -0.444 e. The molecule has 1 N–H and O–H groups in total. The predicted molar refractivity (Wildman–Crippen MR) is 90.3 cm³/mol. The highest BCUT2D eigenvalue weighted by atomic mass is 16.6. The van der Waals surface area contributed by atoms with E-state index in [9.17, 15) is 4.79 Å². The summed E-state index contributed by atoms with van der Waals surface area (Å²) in [5.41, 5.74) is 1.81. The molecule has 0 bridgehead atoms. The van der Waals surface area contributed by atoms with Gasteiger partial charge in [0.05, 0.1) is 5.69 Å². The van der Waals surface area contributed by atoms with Gasteiger partial charge in [-0.1, -0.05) is 0 Å². The summed E-state index contributed by atoms with van der Waals surface area (Å²) >= 11 is 0. The molecule has 1 fully saturated rings. The van der Waals surface area contributed by atoms with E-state index in [2.05, 4.69) is 23.5 Å². The Kier molecular flexibility index (Phi) is 5.34. The van der Waals surface area contributed by atoms with Crippen molar-refractivity contribution in [3.63, 3.8) is 0 Å². The first-order valence-corrected chi connectivity index (χ1v) is 8.40. The second kappa shape index (κ2) is 6.91. The van der Waals surface area contributed by atoms with Crippen molar-refractivity contribution in [2.75, 3.05) is 13.1 Å².